The predicted molar refractivity (Wildman–Crippen MR) is 112 cm³/mol. The van der Waals surface area contributed by atoms with Gasteiger partial charge in [0, 0.05) is 41.9 Å². The lowest BCUT2D eigenvalue weighted by atomic mass is 10.1. The van der Waals surface area contributed by atoms with E-state index in [1.54, 1.807) is 10.6 Å². The summed E-state index contributed by atoms with van der Waals surface area (Å²) >= 11 is 13.2. The zero-order valence-corrected chi connectivity index (χ0v) is 16.7. The minimum atomic E-state index is -0.630. The third-order valence-corrected chi connectivity index (χ3v) is 5.67. The molecule has 1 amide bonds. The molecule has 0 saturated carbocycles. The Hall–Kier alpha value is -2.81. The lowest BCUT2D eigenvalue weighted by Gasteiger charge is -2.28. The largest absolute Gasteiger partial charge is 0.378 e. The van der Waals surface area contributed by atoms with Gasteiger partial charge in [0.25, 0.3) is 5.91 Å². The molecule has 10 heteroatoms. The number of hydrogen-bond donors (Lipinski definition) is 2. The molecule has 5 rings (SSSR count). The SMILES string of the molecule is NC(=O)c1cn2c(Cl)c(-c3cccc4[nH]cc(Cl)c34)nc(N3CCOCC3)c2n1. The molecule has 0 atom stereocenters. The summed E-state index contributed by atoms with van der Waals surface area (Å²) in [4.78, 5) is 26.2. The van der Waals surface area contributed by atoms with Crippen LogP contribution in [-0.4, -0.2) is 51.6 Å². The number of imidazole rings is 1. The number of aromatic nitrogens is 4. The Bertz CT molecular complexity index is 1260. The maximum Gasteiger partial charge on any atom is 0.268 e. The maximum absolute atomic E-state index is 11.7. The third-order valence-electron chi connectivity index (χ3n) is 5.01. The maximum atomic E-state index is 11.7. The van der Waals surface area contributed by atoms with Crippen LogP contribution in [-0.2, 0) is 4.74 Å². The van der Waals surface area contributed by atoms with E-state index in [0.717, 1.165) is 16.5 Å². The fourth-order valence-corrected chi connectivity index (χ4v) is 4.15. The van der Waals surface area contributed by atoms with E-state index in [9.17, 15) is 4.79 Å². The highest BCUT2D eigenvalue weighted by atomic mass is 35.5. The molecule has 1 aliphatic rings. The van der Waals surface area contributed by atoms with Crippen molar-refractivity contribution in [3.05, 3.63) is 46.5 Å². The standard InChI is InChI=1S/C19H16Cl2N6O2/c20-11-8-23-12-3-1-2-10(14(11)12)15-16(21)27-9-13(17(22)28)24-19(27)18(25-15)26-4-6-29-7-5-26/h1-3,8-9,23H,4-7H2,(H2,22,28). The van der Waals surface area contributed by atoms with Crippen LogP contribution in [0.4, 0.5) is 5.82 Å². The van der Waals surface area contributed by atoms with Gasteiger partial charge in [0.2, 0.25) is 0 Å². The minimum absolute atomic E-state index is 0.123. The number of anilines is 1. The number of fused-ring (bicyclic) bond motifs is 2. The molecule has 1 aliphatic heterocycles. The molecule has 4 heterocycles. The van der Waals surface area contributed by atoms with Gasteiger partial charge in [-0.15, -0.1) is 0 Å². The Kier molecular flexibility index (Phi) is 4.34. The first kappa shape index (κ1) is 18.2. The normalized spacial score (nSPS) is 14.8. The van der Waals surface area contributed by atoms with E-state index in [4.69, 9.17) is 38.7 Å². The molecular formula is C19H16Cl2N6O2. The van der Waals surface area contributed by atoms with Crippen molar-refractivity contribution in [3.63, 3.8) is 0 Å². The van der Waals surface area contributed by atoms with Gasteiger partial charge >= 0.3 is 0 Å². The highest BCUT2D eigenvalue weighted by molar-refractivity contribution is 6.37. The van der Waals surface area contributed by atoms with E-state index < -0.39 is 5.91 Å². The average molecular weight is 431 g/mol. The predicted octanol–water partition coefficient (Wildman–Crippen LogP) is 3.12. The molecule has 148 valence electrons. The smallest absolute Gasteiger partial charge is 0.268 e. The number of morpholine rings is 1. The van der Waals surface area contributed by atoms with Gasteiger partial charge in [0.1, 0.15) is 16.5 Å². The van der Waals surface area contributed by atoms with Crippen LogP contribution < -0.4 is 10.6 Å². The van der Waals surface area contributed by atoms with Crippen molar-refractivity contribution in [1.82, 2.24) is 19.4 Å². The Morgan fingerprint density at radius 3 is 2.76 bits per heavy atom. The number of halogens is 2. The molecule has 1 fully saturated rings. The van der Waals surface area contributed by atoms with E-state index in [1.807, 2.05) is 18.2 Å². The zero-order chi connectivity index (χ0) is 20.1. The molecule has 0 spiro atoms. The Labute approximate surface area is 175 Å². The number of hydrogen-bond acceptors (Lipinski definition) is 5. The molecule has 3 aromatic heterocycles. The van der Waals surface area contributed by atoms with Gasteiger partial charge in [-0.05, 0) is 6.07 Å². The third kappa shape index (κ3) is 2.91. The van der Waals surface area contributed by atoms with Crippen molar-refractivity contribution in [1.29, 1.82) is 0 Å². The first-order chi connectivity index (χ1) is 14.0. The van der Waals surface area contributed by atoms with Crippen LogP contribution in [0, 0.1) is 0 Å². The summed E-state index contributed by atoms with van der Waals surface area (Å²) in [6.07, 6.45) is 3.27. The van der Waals surface area contributed by atoms with Crippen LogP contribution in [0.3, 0.4) is 0 Å². The van der Waals surface area contributed by atoms with Crippen LogP contribution in [0.2, 0.25) is 10.2 Å². The van der Waals surface area contributed by atoms with Crippen LogP contribution in [0.5, 0.6) is 0 Å². The molecular weight excluding hydrogens is 415 g/mol. The van der Waals surface area contributed by atoms with Crippen molar-refractivity contribution in [2.45, 2.75) is 0 Å². The van der Waals surface area contributed by atoms with Gasteiger partial charge in [-0.3, -0.25) is 9.20 Å². The number of rotatable bonds is 3. The van der Waals surface area contributed by atoms with E-state index in [2.05, 4.69) is 14.9 Å². The first-order valence-electron chi connectivity index (χ1n) is 9.01. The number of primary amides is 1. The molecule has 1 aromatic carbocycles. The molecule has 8 nitrogen and oxygen atoms in total. The van der Waals surface area contributed by atoms with Gasteiger partial charge in [0.05, 0.1) is 18.2 Å². The number of carbonyl (C=O) groups excluding carboxylic acids is 1. The van der Waals surface area contributed by atoms with Crippen LogP contribution in [0.25, 0.3) is 27.8 Å². The van der Waals surface area contributed by atoms with Crippen molar-refractivity contribution in [2.24, 2.45) is 5.73 Å². The highest BCUT2D eigenvalue weighted by Crippen LogP contribution is 2.38. The Morgan fingerprint density at radius 1 is 1.21 bits per heavy atom. The summed E-state index contributed by atoms with van der Waals surface area (Å²) in [5.74, 6) is -0.0149. The second-order valence-electron chi connectivity index (χ2n) is 6.72. The molecule has 0 radical (unpaired) electrons. The van der Waals surface area contributed by atoms with Gasteiger partial charge < -0.3 is 20.4 Å². The summed E-state index contributed by atoms with van der Waals surface area (Å²) in [5, 5.41) is 1.72. The molecule has 0 bridgehead atoms. The highest BCUT2D eigenvalue weighted by Gasteiger charge is 2.24. The summed E-state index contributed by atoms with van der Waals surface area (Å²) in [5.41, 5.74) is 8.25. The number of amides is 1. The lowest BCUT2D eigenvalue weighted by molar-refractivity contribution is 0.0996. The van der Waals surface area contributed by atoms with Gasteiger partial charge in [-0.1, -0.05) is 35.3 Å². The first-order valence-corrected chi connectivity index (χ1v) is 9.77. The molecule has 3 N–H and O–H groups in total. The van der Waals surface area contributed by atoms with Crippen molar-refractivity contribution < 1.29 is 9.53 Å². The second kappa shape index (κ2) is 6.91. The van der Waals surface area contributed by atoms with Gasteiger partial charge in [-0.2, -0.15) is 0 Å². The van der Waals surface area contributed by atoms with Crippen molar-refractivity contribution >= 4 is 51.5 Å². The summed E-state index contributed by atoms with van der Waals surface area (Å²) in [7, 11) is 0. The Balaban J connectivity index is 1.82. The lowest BCUT2D eigenvalue weighted by Crippen LogP contribution is -2.37. The van der Waals surface area contributed by atoms with Crippen LogP contribution in [0.15, 0.2) is 30.6 Å². The molecule has 0 aliphatic carbocycles. The number of benzene rings is 1. The number of aromatic amines is 1. The number of H-pyrrole nitrogens is 1. The fourth-order valence-electron chi connectivity index (χ4n) is 3.62. The number of nitrogens with one attached hydrogen (secondary N) is 1. The molecule has 1 saturated heterocycles. The minimum Gasteiger partial charge on any atom is -0.378 e. The van der Waals surface area contributed by atoms with Crippen LogP contribution >= 0.6 is 23.2 Å². The summed E-state index contributed by atoms with van der Waals surface area (Å²) in [6.45, 7) is 2.46. The number of ether oxygens (including phenoxy) is 1. The molecule has 29 heavy (non-hydrogen) atoms. The quantitative estimate of drug-likeness (QED) is 0.519. The topological polar surface area (TPSA) is 102 Å². The van der Waals surface area contributed by atoms with Crippen LogP contribution in [0.1, 0.15) is 10.5 Å². The van der Waals surface area contributed by atoms with E-state index >= 15 is 0 Å². The molecule has 0 unspecified atom stereocenters. The van der Waals surface area contributed by atoms with E-state index in [1.165, 1.54) is 6.20 Å². The number of nitrogens with zero attached hydrogens (tertiary/aromatic N) is 4. The monoisotopic (exact) mass is 430 g/mol. The zero-order valence-electron chi connectivity index (χ0n) is 15.2. The second-order valence-corrected chi connectivity index (χ2v) is 7.49. The van der Waals surface area contributed by atoms with Crippen molar-refractivity contribution in [2.75, 3.05) is 31.2 Å². The van der Waals surface area contributed by atoms with E-state index in [0.29, 0.717) is 53.6 Å². The van der Waals surface area contributed by atoms with Gasteiger partial charge in [-0.25, -0.2) is 9.97 Å². The number of carbonyl (C=O) groups is 1. The fraction of sp³-hybridized carbons (Fsp3) is 0.211. The van der Waals surface area contributed by atoms with E-state index in [-0.39, 0.29) is 5.69 Å². The average Bonchev–Trinajstić information content (AvgIpc) is 3.34. The summed E-state index contributed by atoms with van der Waals surface area (Å²) < 4.78 is 7.11. The summed E-state index contributed by atoms with van der Waals surface area (Å²) in [6, 6.07) is 5.75. The Morgan fingerprint density at radius 2 is 2.00 bits per heavy atom. The molecule has 4 aromatic rings. The number of nitrogens with two attached hydrogens (primary N) is 1. The van der Waals surface area contributed by atoms with Gasteiger partial charge in [0.15, 0.2) is 11.5 Å². The van der Waals surface area contributed by atoms with Crippen molar-refractivity contribution in [3.8, 4) is 11.3 Å².